The first-order valence-corrected chi connectivity index (χ1v) is 12.8. The number of alkyl halides is 3. The van der Waals surface area contributed by atoms with Crippen LogP contribution < -0.4 is 10.1 Å². The van der Waals surface area contributed by atoms with Crippen molar-refractivity contribution in [2.45, 2.75) is 24.3 Å². The molecule has 1 heterocycles. The normalized spacial score (nSPS) is 17.0. The molecule has 1 aliphatic rings. The molecule has 2 amide bonds. The van der Waals surface area contributed by atoms with Crippen LogP contribution in [-0.2, 0) is 22.2 Å². The SMILES string of the molecule is COc1ccc(CCN2C(=O)CC(C(=O)Nc3ccccc3Cl)SC2=Nc2cccc(C(F)(F)F)c2)cc1. The predicted molar refractivity (Wildman–Crippen MR) is 143 cm³/mol. The first-order chi connectivity index (χ1) is 18.1. The molecule has 3 aromatic carbocycles. The Bertz CT molecular complexity index is 1350. The number of rotatable bonds is 7. The number of benzene rings is 3. The van der Waals surface area contributed by atoms with Gasteiger partial charge in [-0.3, -0.25) is 14.5 Å². The summed E-state index contributed by atoms with van der Waals surface area (Å²) in [7, 11) is 1.56. The van der Waals surface area contributed by atoms with Crippen LogP contribution in [0.4, 0.5) is 24.5 Å². The van der Waals surface area contributed by atoms with Crippen molar-refractivity contribution in [3.63, 3.8) is 0 Å². The number of aliphatic imine (C=N–C) groups is 1. The average molecular weight is 562 g/mol. The first-order valence-electron chi connectivity index (χ1n) is 11.6. The van der Waals surface area contributed by atoms with Gasteiger partial charge in [-0.25, -0.2) is 4.99 Å². The molecule has 1 atom stereocenters. The number of amidine groups is 1. The number of nitrogens with zero attached hydrogens (tertiary/aromatic N) is 2. The summed E-state index contributed by atoms with van der Waals surface area (Å²) in [5.74, 6) is -0.122. The van der Waals surface area contributed by atoms with Crippen LogP contribution in [0.2, 0.25) is 5.02 Å². The molecule has 38 heavy (non-hydrogen) atoms. The highest BCUT2D eigenvalue weighted by atomic mass is 35.5. The van der Waals surface area contributed by atoms with Crippen molar-refractivity contribution in [2.24, 2.45) is 4.99 Å². The number of nitrogens with one attached hydrogen (secondary N) is 1. The number of carbonyl (C=O) groups is 2. The van der Waals surface area contributed by atoms with Gasteiger partial charge < -0.3 is 10.1 Å². The fourth-order valence-corrected chi connectivity index (χ4v) is 5.04. The third-order valence-electron chi connectivity index (χ3n) is 5.75. The van der Waals surface area contributed by atoms with Crippen LogP contribution in [0, 0.1) is 0 Å². The largest absolute Gasteiger partial charge is 0.497 e. The number of ether oxygens (including phenoxy) is 1. The Balaban J connectivity index is 1.60. The van der Waals surface area contributed by atoms with E-state index in [4.69, 9.17) is 16.3 Å². The van der Waals surface area contributed by atoms with E-state index in [0.717, 1.165) is 29.5 Å². The van der Waals surface area contributed by atoms with E-state index < -0.39 is 22.9 Å². The van der Waals surface area contributed by atoms with Crippen LogP contribution in [0.15, 0.2) is 77.8 Å². The number of hydrogen-bond acceptors (Lipinski definition) is 5. The van der Waals surface area contributed by atoms with E-state index in [9.17, 15) is 22.8 Å². The van der Waals surface area contributed by atoms with Gasteiger partial charge in [-0.1, -0.05) is 53.7 Å². The Hall–Kier alpha value is -3.50. The molecule has 1 aliphatic heterocycles. The summed E-state index contributed by atoms with van der Waals surface area (Å²) in [4.78, 5) is 32.0. The monoisotopic (exact) mass is 561 g/mol. The van der Waals surface area contributed by atoms with Gasteiger partial charge in [-0.2, -0.15) is 13.2 Å². The molecule has 11 heteroatoms. The van der Waals surface area contributed by atoms with E-state index in [-0.39, 0.29) is 29.7 Å². The van der Waals surface area contributed by atoms with E-state index in [2.05, 4.69) is 10.3 Å². The van der Waals surface area contributed by atoms with Crippen LogP contribution in [0.3, 0.4) is 0 Å². The Kier molecular flexibility index (Phi) is 8.63. The molecule has 4 rings (SSSR count). The summed E-state index contributed by atoms with van der Waals surface area (Å²) in [6.07, 6.45) is -4.18. The third kappa shape index (κ3) is 6.87. The summed E-state index contributed by atoms with van der Waals surface area (Å²) in [6, 6.07) is 18.5. The minimum atomic E-state index is -4.54. The smallest absolute Gasteiger partial charge is 0.416 e. The summed E-state index contributed by atoms with van der Waals surface area (Å²) < 4.78 is 45.0. The Labute approximate surface area is 226 Å². The van der Waals surface area contributed by atoms with E-state index in [1.54, 1.807) is 43.5 Å². The lowest BCUT2D eigenvalue weighted by atomic mass is 10.1. The van der Waals surface area contributed by atoms with Gasteiger partial charge >= 0.3 is 6.18 Å². The zero-order chi connectivity index (χ0) is 27.3. The van der Waals surface area contributed by atoms with Gasteiger partial charge in [0, 0.05) is 13.0 Å². The highest BCUT2D eigenvalue weighted by Gasteiger charge is 2.36. The van der Waals surface area contributed by atoms with Crippen molar-refractivity contribution in [1.82, 2.24) is 4.90 Å². The second kappa shape index (κ2) is 11.9. The zero-order valence-corrected chi connectivity index (χ0v) is 21.7. The number of halogens is 4. The molecule has 0 aliphatic carbocycles. The van der Waals surface area contributed by atoms with Crippen molar-refractivity contribution in [1.29, 1.82) is 0 Å². The lowest BCUT2D eigenvalue weighted by Crippen LogP contribution is -2.46. The molecule has 0 aromatic heterocycles. The van der Waals surface area contributed by atoms with E-state index >= 15 is 0 Å². The van der Waals surface area contributed by atoms with Crippen LogP contribution in [0.1, 0.15) is 17.5 Å². The standard InChI is InChI=1S/C27H23ClF3N3O3S/c1-37-20-11-9-17(10-12-20)13-14-34-24(35)16-23(25(36)33-22-8-3-2-7-21(22)28)38-26(34)32-19-6-4-5-18(15-19)27(29,30)31/h2-12,15,23H,13-14,16H2,1H3,(H,33,36). The quantitative estimate of drug-likeness (QED) is 0.354. The second-order valence-corrected chi connectivity index (χ2v) is 9.94. The minimum Gasteiger partial charge on any atom is -0.497 e. The number of methoxy groups -OCH3 is 1. The van der Waals surface area contributed by atoms with Gasteiger partial charge in [0.25, 0.3) is 0 Å². The fraction of sp³-hybridized carbons (Fsp3) is 0.222. The van der Waals surface area contributed by atoms with Crippen molar-refractivity contribution in [3.8, 4) is 5.75 Å². The van der Waals surface area contributed by atoms with Crippen molar-refractivity contribution < 1.29 is 27.5 Å². The Morgan fingerprint density at radius 2 is 1.87 bits per heavy atom. The van der Waals surface area contributed by atoms with Gasteiger partial charge in [0.15, 0.2) is 5.17 Å². The maximum Gasteiger partial charge on any atom is 0.416 e. The number of anilines is 1. The molecule has 6 nitrogen and oxygen atoms in total. The van der Waals surface area contributed by atoms with Crippen LogP contribution in [0.5, 0.6) is 5.75 Å². The second-order valence-electron chi connectivity index (χ2n) is 8.37. The maximum absolute atomic E-state index is 13.3. The van der Waals surface area contributed by atoms with Crippen molar-refractivity contribution >= 4 is 51.7 Å². The molecule has 0 bridgehead atoms. The predicted octanol–water partition coefficient (Wildman–Crippen LogP) is 6.57. The highest BCUT2D eigenvalue weighted by Crippen LogP contribution is 2.34. The van der Waals surface area contributed by atoms with Crippen LogP contribution >= 0.6 is 23.4 Å². The molecule has 0 spiro atoms. The molecule has 1 fully saturated rings. The number of thioether (sulfide) groups is 1. The number of carbonyl (C=O) groups excluding carboxylic acids is 2. The van der Waals surface area contributed by atoms with Crippen molar-refractivity contribution in [3.05, 3.63) is 88.9 Å². The molecule has 0 saturated carbocycles. The van der Waals surface area contributed by atoms with Crippen LogP contribution in [0.25, 0.3) is 0 Å². The van der Waals surface area contributed by atoms with E-state index in [1.165, 1.54) is 17.0 Å². The molecule has 3 aromatic rings. The van der Waals surface area contributed by atoms with Gasteiger partial charge in [0.05, 0.1) is 29.1 Å². The molecule has 0 radical (unpaired) electrons. The Morgan fingerprint density at radius 3 is 2.55 bits per heavy atom. The first kappa shape index (κ1) is 27.5. The summed E-state index contributed by atoms with van der Waals surface area (Å²) >= 11 is 7.17. The molecular formula is C27H23ClF3N3O3S. The lowest BCUT2D eigenvalue weighted by Gasteiger charge is -2.32. The number of hydrogen-bond donors (Lipinski definition) is 1. The topological polar surface area (TPSA) is 71.0 Å². The van der Waals surface area contributed by atoms with Gasteiger partial charge in [0.1, 0.15) is 11.0 Å². The molecule has 1 N–H and O–H groups in total. The van der Waals surface area contributed by atoms with Gasteiger partial charge in [0.2, 0.25) is 11.8 Å². The highest BCUT2D eigenvalue weighted by molar-refractivity contribution is 8.15. The van der Waals surface area contributed by atoms with E-state index in [0.29, 0.717) is 22.9 Å². The van der Waals surface area contributed by atoms with Crippen LogP contribution in [-0.4, -0.2) is 40.8 Å². The molecule has 1 saturated heterocycles. The summed E-state index contributed by atoms with van der Waals surface area (Å²) in [5.41, 5.74) is 0.493. The maximum atomic E-state index is 13.3. The lowest BCUT2D eigenvalue weighted by molar-refractivity contribution is -0.137. The van der Waals surface area contributed by atoms with Gasteiger partial charge in [-0.05, 0) is 54.4 Å². The summed E-state index contributed by atoms with van der Waals surface area (Å²) in [6.45, 7) is 0.231. The summed E-state index contributed by atoms with van der Waals surface area (Å²) in [5, 5.41) is 2.36. The van der Waals surface area contributed by atoms with Crippen molar-refractivity contribution in [2.75, 3.05) is 19.0 Å². The molecule has 1 unspecified atom stereocenters. The average Bonchev–Trinajstić information content (AvgIpc) is 2.89. The van der Waals surface area contributed by atoms with Gasteiger partial charge in [-0.15, -0.1) is 0 Å². The zero-order valence-electron chi connectivity index (χ0n) is 20.2. The Morgan fingerprint density at radius 1 is 1.13 bits per heavy atom. The fourth-order valence-electron chi connectivity index (χ4n) is 3.73. The number of para-hydroxylation sites is 1. The number of amides is 2. The third-order valence-corrected chi connectivity index (χ3v) is 7.26. The molecule has 198 valence electrons. The minimum absolute atomic E-state index is 0.0248. The van der Waals surface area contributed by atoms with E-state index in [1.807, 2.05) is 12.1 Å². The molecular weight excluding hydrogens is 539 g/mol.